The summed E-state index contributed by atoms with van der Waals surface area (Å²) < 4.78 is 4.06. The van der Waals surface area contributed by atoms with Gasteiger partial charge in [-0.25, -0.2) is 9.36 Å². The Bertz CT molecular complexity index is 909. The van der Waals surface area contributed by atoms with Crippen LogP contribution in [0.15, 0.2) is 36.7 Å². The maximum Gasteiger partial charge on any atom is 0.254 e. The van der Waals surface area contributed by atoms with E-state index in [1.54, 1.807) is 6.20 Å². The average Bonchev–Trinajstić information content (AvgIpc) is 3.28. The van der Waals surface area contributed by atoms with E-state index in [2.05, 4.69) is 19.6 Å². The number of hydrogen-bond donors (Lipinski definition) is 1. The van der Waals surface area contributed by atoms with Gasteiger partial charge >= 0.3 is 0 Å². The molecule has 1 aromatic carbocycles. The predicted molar refractivity (Wildman–Crippen MR) is 99.0 cm³/mol. The molecule has 1 aliphatic heterocycles. The van der Waals surface area contributed by atoms with Gasteiger partial charge in [0.1, 0.15) is 5.82 Å². The van der Waals surface area contributed by atoms with Gasteiger partial charge < -0.3 is 10.2 Å². The second-order valence-electron chi connectivity index (χ2n) is 6.32. The van der Waals surface area contributed by atoms with E-state index in [-0.39, 0.29) is 5.91 Å². The number of rotatable bonds is 4. The zero-order chi connectivity index (χ0) is 17.2. The van der Waals surface area contributed by atoms with Crippen molar-refractivity contribution in [2.75, 3.05) is 24.5 Å². The van der Waals surface area contributed by atoms with Crippen LogP contribution in [0.3, 0.4) is 0 Å². The first kappa shape index (κ1) is 16.0. The number of aryl methyl sites for hydroxylation is 1. The third kappa shape index (κ3) is 3.32. The highest BCUT2D eigenvalue weighted by atomic mass is 32.1. The van der Waals surface area contributed by atoms with Gasteiger partial charge in [0.25, 0.3) is 5.91 Å². The molecule has 1 fully saturated rings. The van der Waals surface area contributed by atoms with Crippen LogP contribution in [0.4, 0.5) is 5.82 Å². The third-order valence-corrected chi connectivity index (χ3v) is 5.30. The van der Waals surface area contributed by atoms with Gasteiger partial charge in [0, 0.05) is 24.5 Å². The van der Waals surface area contributed by atoms with E-state index in [0.29, 0.717) is 18.0 Å². The highest BCUT2D eigenvalue weighted by molar-refractivity contribution is 7.06. The van der Waals surface area contributed by atoms with E-state index in [1.165, 1.54) is 11.5 Å². The fraction of sp³-hybridized carbons (Fsp3) is 0.333. The van der Waals surface area contributed by atoms with Crippen molar-refractivity contribution in [2.24, 2.45) is 5.92 Å². The normalized spacial score (nSPS) is 17.2. The van der Waals surface area contributed by atoms with Crippen LogP contribution in [0.5, 0.6) is 0 Å². The number of carbonyl (C=O) groups excluding carboxylic acids is 1. The van der Waals surface area contributed by atoms with Crippen molar-refractivity contribution in [3.63, 3.8) is 0 Å². The second kappa shape index (κ2) is 6.76. The molecule has 6 nitrogen and oxygen atoms in total. The Labute approximate surface area is 150 Å². The maximum atomic E-state index is 12.2. The molecule has 1 amide bonds. The monoisotopic (exact) mass is 353 g/mol. The first-order valence-electron chi connectivity index (χ1n) is 8.37. The summed E-state index contributed by atoms with van der Waals surface area (Å²) in [6.07, 6.45) is 4.51. The summed E-state index contributed by atoms with van der Waals surface area (Å²) in [5, 5.41) is 3.03. The number of aromatic nitrogens is 3. The van der Waals surface area contributed by atoms with Crippen molar-refractivity contribution < 1.29 is 4.79 Å². The molecule has 1 saturated heterocycles. The Morgan fingerprint density at radius 1 is 1.32 bits per heavy atom. The molecule has 0 aliphatic carbocycles. The van der Waals surface area contributed by atoms with E-state index in [9.17, 15) is 4.79 Å². The summed E-state index contributed by atoms with van der Waals surface area (Å²) in [4.78, 5) is 24.6. The lowest BCUT2D eigenvalue weighted by Crippen LogP contribution is -2.31. The molecule has 0 saturated carbocycles. The molecule has 128 valence electrons. The van der Waals surface area contributed by atoms with Crippen LogP contribution < -0.4 is 10.2 Å². The van der Waals surface area contributed by atoms with E-state index in [0.717, 1.165) is 41.2 Å². The number of fused-ring (bicyclic) bond motifs is 1. The number of carbonyl (C=O) groups is 1. The number of nitrogens with one attached hydrogen (secondary N) is 1. The van der Waals surface area contributed by atoms with Crippen molar-refractivity contribution in [1.29, 1.82) is 0 Å². The topological polar surface area (TPSA) is 71.0 Å². The van der Waals surface area contributed by atoms with Gasteiger partial charge in [0.15, 0.2) is 0 Å². The molecule has 1 N–H and O–H groups in total. The van der Waals surface area contributed by atoms with Gasteiger partial charge in [0.2, 0.25) is 0 Å². The molecular formula is C18H19N5OS. The van der Waals surface area contributed by atoms with Crippen LogP contribution in [0.1, 0.15) is 21.7 Å². The molecule has 4 rings (SSSR count). The SMILES string of the molecule is Cc1sncc1C(=O)NCC1CCN(c2cnc3ccccc3n2)C1. The zero-order valence-corrected chi connectivity index (χ0v) is 14.8. The van der Waals surface area contributed by atoms with Crippen molar-refractivity contribution in [3.05, 3.63) is 47.1 Å². The Morgan fingerprint density at radius 2 is 2.16 bits per heavy atom. The van der Waals surface area contributed by atoms with Crippen LogP contribution in [0.25, 0.3) is 11.0 Å². The van der Waals surface area contributed by atoms with E-state index in [4.69, 9.17) is 4.98 Å². The quantitative estimate of drug-likeness (QED) is 0.781. The largest absolute Gasteiger partial charge is 0.355 e. The van der Waals surface area contributed by atoms with Crippen molar-refractivity contribution in [1.82, 2.24) is 19.7 Å². The van der Waals surface area contributed by atoms with Crippen LogP contribution in [-0.2, 0) is 0 Å². The fourth-order valence-corrected chi connectivity index (χ4v) is 3.72. The molecule has 0 bridgehead atoms. The smallest absolute Gasteiger partial charge is 0.254 e. The summed E-state index contributed by atoms with van der Waals surface area (Å²) in [6, 6.07) is 7.90. The lowest BCUT2D eigenvalue weighted by Gasteiger charge is -2.17. The molecule has 0 radical (unpaired) electrons. The van der Waals surface area contributed by atoms with Crippen molar-refractivity contribution >= 4 is 34.3 Å². The van der Waals surface area contributed by atoms with Crippen LogP contribution >= 0.6 is 11.5 Å². The molecule has 2 aromatic heterocycles. The highest BCUT2D eigenvalue weighted by Gasteiger charge is 2.24. The minimum absolute atomic E-state index is 0.0322. The lowest BCUT2D eigenvalue weighted by atomic mass is 10.1. The summed E-state index contributed by atoms with van der Waals surface area (Å²) in [6.45, 7) is 4.41. The third-order valence-electron chi connectivity index (χ3n) is 4.59. The lowest BCUT2D eigenvalue weighted by molar-refractivity contribution is 0.0948. The first-order chi connectivity index (χ1) is 12.2. The zero-order valence-electron chi connectivity index (χ0n) is 14.0. The molecular weight excluding hydrogens is 334 g/mol. The van der Waals surface area contributed by atoms with Gasteiger partial charge in [-0.3, -0.25) is 9.78 Å². The molecule has 3 heterocycles. The summed E-state index contributed by atoms with van der Waals surface area (Å²) in [5.74, 6) is 1.30. The molecule has 25 heavy (non-hydrogen) atoms. The average molecular weight is 353 g/mol. The van der Waals surface area contributed by atoms with Crippen LogP contribution in [-0.4, -0.2) is 39.9 Å². The second-order valence-corrected chi connectivity index (χ2v) is 7.33. The van der Waals surface area contributed by atoms with Gasteiger partial charge in [-0.1, -0.05) is 12.1 Å². The maximum absolute atomic E-state index is 12.2. The number of nitrogens with zero attached hydrogens (tertiary/aromatic N) is 4. The van der Waals surface area contributed by atoms with Gasteiger partial charge in [-0.05, 0) is 42.9 Å². The standard InChI is InChI=1S/C18H19N5OS/c1-12-14(9-21-25-12)18(24)20-8-13-6-7-23(11-13)17-10-19-15-4-2-3-5-16(15)22-17/h2-5,9-10,13H,6-8,11H2,1H3,(H,20,24). The first-order valence-corrected chi connectivity index (χ1v) is 9.14. The number of para-hydroxylation sites is 2. The number of anilines is 1. The van der Waals surface area contributed by atoms with Crippen LogP contribution in [0, 0.1) is 12.8 Å². The Kier molecular flexibility index (Phi) is 4.31. The summed E-state index contributed by atoms with van der Waals surface area (Å²) in [5.41, 5.74) is 2.51. The predicted octanol–water partition coefficient (Wildman–Crippen LogP) is 2.65. The molecule has 1 aliphatic rings. The van der Waals surface area contributed by atoms with Crippen LogP contribution in [0.2, 0.25) is 0 Å². The van der Waals surface area contributed by atoms with Crippen molar-refractivity contribution in [3.8, 4) is 0 Å². The summed E-state index contributed by atoms with van der Waals surface area (Å²) >= 11 is 1.36. The van der Waals surface area contributed by atoms with E-state index >= 15 is 0 Å². The van der Waals surface area contributed by atoms with Gasteiger partial charge in [-0.2, -0.15) is 0 Å². The minimum atomic E-state index is -0.0322. The van der Waals surface area contributed by atoms with Gasteiger partial charge in [-0.15, -0.1) is 0 Å². The van der Waals surface area contributed by atoms with Gasteiger partial charge in [0.05, 0.1) is 29.0 Å². The molecule has 7 heteroatoms. The fourth-order valence-electron chi connectivity index (χ4n) is 3.16. The highest BCUT2D eigenvalue weighted by Crippen LogP contribution is 2.23. The van der Waals surface area contributed by atoms with E-state index < -0.39 is 0 Å². The Morgan fingerprint density at radius 3 is 2.96 bits per heavy atom. The number of amides is 1. The Hall–Kier alpha value is -2.54. The number of hydrogen-bond acceptors (Lipinski definition) is 6. The summed E-state index contributed by atoms with van der Waals surface area (Å²) in [7, 11) is 0. The van der Waals surface area contributed by atoms with Crippen molar-refractivity contribution in [2.45, 2.75) is 13.3 Å². The molecule has 1 unspecified atom stereocenters. The Balaban J connectivity index is 1.37. The number of benzene rings is 1. The molecule has 3 aromatic rings. The van der Waals surface area contributed by atoms with E-state index in [1.807, 2.05) is 37.4 Å². The molecule has 1 atom stereocenters. The minimum Gasteiger partial charge on any atom is -0.355 e. The molecule has 0 spiro atoms.